The molecule has 0 heterocycles. The molecular formula is C28H61NO6P+. The highest BCUT2D eigenvalue weighted by Gasteiger charge is 2.27. The first kappa shape index (κ1) is 36.0. The Morgan fingerprint density at radius 2 is 1.11 bits per heavy atom. The van der Waals surface area contributed by atoms with Gasteiger partial charge in [0.1, 0.15) is 19.3 Å². The summed E-state index contributed by atoms with van der Waals surface area (Å²) >= 11 is 0. The van der Waals surface area contributed by atoms with Crippen LogP contribution in [0.15, 0.2) is 0 Å². The molecule has 0 bridgehead atoms. The Balaban J connectivity index is 3.45. The van der Waals surface area contributed by atoms with Gasteiger partial charge in [0.25, 0.3) is 0 Å². The third kappa shape index (κ3) is 27.0. The van der Waals surface area contributed by atoms with Gasteiger partial charge in [0, 0.05) is 6.61 Å². The summed E-state index contributed by atoms with van der Waals surface area (Å²) in [5.74, 6) is 0. The SMILES string of the molecule is CCCCCCCCCCCCCCCCCCCCOC[C@H](CO)OP(=O)(O)OCC[N+](C)(C)C. The number of quaternary nitrogens is 1. The molecule has 0 amide bonds. The van der Waals surface area contributed by atoms with Crippen molar-refractivity contribution in [2.45, 2.75) is 129 Å². The summed E-state index contributed by atoms with van der Waals surface area (Å²) in [5, 5.41) is 9.41. The van der Waals surface area contributed by atoms with Crippen molar-refractivity contribution in [3.63, 3.8) is 0 Å². The van der Waals surface area contributed by atoms with Crippen LogP contribution in [0.4, 0.5) is 0 Å². The Hall–Kier alpha value is -0.0100. The number of ether oxygens (including phenoxy) is 1. The molecule has 36 heavy (non-hydrogen) atoms. The van der Waals surface area contributed by atoms with Crippen LogP contribution in [-0.4, -0.2) is 74.7 Å². The average molecular weight is 539 g/mol. The van der Waals surface area contributed by atoms with E-state index >= 15 is 0 Å². The summed E-state index contributed by atoms with van der Waals surface area (Å²) in [6.07, 6.45) is 23.3. The molecule has 1 unspecified atom stereocenters. The Kier molecular flexibility index (Phi) is 24.1. The normalized spacial score (nSPS) is 14.7. The number of phosphoric ester groups is 1. The lowest BCUT2D eigenvalue weighted by Gasteiger charge is -2.24. The molecule has 0 saturated carbocycles. The van der Waals surface area contributed by atoms with Crippen LogP contribution in [0.3, 0.4) is 0 Å². The molecular weight excluding hydrogens is 477 g/mol. The molecule has 0 aliphatic rings. The first-order chi connectivity index (χ1) is 17.2. The van der Waals surface area contributed by atoms with Crippen molar-refractivity contribution in [2.75, 3.05) is 54.1 Å². The molecule has 8 heteroatoms. The van der Waals surface area contributed by atoms with Crippen LogP contribution >= 0.6 is 7.82 Å². The minimum absolute atomic E-state index is 0.0820. The zero-order valence-electron chi connectivity index (χ0n) is 24.3. The van der Waals surface area contributed by atoms with Crippen molar-refractivity contribution >= 4 is 7.82 Å². The number of hydrogen-bond acceptors (Lipinski definition) is 5. The molecule has 0 saturated heterocycles. The van der Waals surface area contributed by atoms with E-state index in [1.54, 1.807) is 0 Å². The number of phosphoric acid groups is 1. The first-order valence-electron chi connectivity index (χ1n) is 14.8. The quantitative estimate of drug-likeness (QED) is 0.0620. The fourth-order valence-electron chi connectivity index (χ4n) is 4.09. The molecule has 7 nitrogen and oxygen atoms in total. The van der Waals surface area contributed by atoms with Crippen LogP contribution in [0.25, 0.3) is 0 Å². The van der Waals surface area contributed by atoms with Gasteiger partial charge in [0.05, 0.1) is 34.4 Å². The largest absolute Gasteiger partial charge is 0.472 e. The molecule has 2 atom stereocenters. The van der Waals surface area contributed by atoms with E-state index in [-0.39, 0.29) is 19.8 Å². The highest BCUT2D eigenvalue weighted by molar-refractivity contribution is 7.47. The second kappa shape index (κ2) is 24.1. The Bertz CT molecular complexity index is 515. The van der Waals surface area contributed by atoms with Crippen LogP contribution in [0.1, 0.15) is 122 Å². The molecule has 0 spiro atoms. The zero-order chi connectivity index (χ0) is 27.0. The van der Waals surface area contributed by atoms with Gasteiger partial charge in [0.2, 0.25) is 0 Å². The van der Waals surface area contributed by atoms with E-state index in [1.807, 2.05) is 21.1 Å². The van der Waals surface area contributed by atoms with Gasteiger partial charge >= 0.3 is 7.82 Å². The summed E-state index contributed by atoms with van der Waals surface area (Å²) < 4.78 is 28.2. The second-order valence-corrected chi connectivity index (χ2v) is 12.7. The molecule has 0 fully saturated rings. The van der Waals surface area contributed by atoms with E-state index < -0.39 is 13.9 Å². The van der Waals surface area contributed by atoms with Gasteiger partial charge in [0.15, 0.2) is 0 Å². The molecule has 218 valence electrons. The lowest BCUT2D eigenvalue weighted by atomic mass is 10.0. The fourth-order valence-corrected chi connectivity index (χ4v) is 4.96. The van der Waals surface area contributed by atoms with E-state index in [0.717, 1.165) is 12.8 Å². The lowest BCUT2D eigenvalue weighted by Crippen LogP contribution is -2.37. The minimum Gasteiger partial charge on any atom is -0.394 e. The third-order valence-corrected chi connectivity index (χ3v) is 7.52. The fraction of sp³-hybridized carbons (Fsp3) is 1.00. The summed E-state index contributed by atoms with van der Waals surface area (Å²) in [6, 6.07) is 0. The second-order valence-electron chi connectivity index (χ2n) is 11.3. The highest BCUT2D eigenvalue weighted by atomic mass is 31.2. The molecule has 2 N–H and O–H groups in total. The highest BCUT2D eigenvalue weighted by Crippen LogP contribution is 2.44. The number of aliphatic hydroxyl groups is 1. The topological polar surface area (TPSA) is 85.2 Å². The van der Waals surface area contributed by atoms with Crippen LogP contribution in [0.5, 0.6) is 0 Å². The molecule has 0 aliphatic heterocycles. The summed E-state index contributed by atoms with van der Waals surface area (Å²) in [7, 11) is 1.71. The number of unbranched alkanes of at least 4 members (excludes halogenated alkanes) is 17. The van der Waals surface area contributed by atoms with E-state index in [0.29, 0.717) is 17.6 Å². The zero-order valence-corrected chi connectivity index (χ0v) is 25.2. The molecule has 0 radical (unpaired) electrons. The van der Waals surface area contributed by atoms with E-state index in [9.17, 15) is 14.6 Å². The maximum absolute atomic E-state index is 12.0. The van der Waals surface area contributed by atoms with Gasteiger partial charge in [-0.3, -0.25) is 9.05 Å². The van der Waals surface area contributed by atoms with Gasteiger partial charge in [-0.25, -0.2) is 4.57 Å². The summed E-state index contributed by atoms with van der Waals surface area (Å²) in [6.45, 7) is 3.22. The van der Waals surface area contributed by atoms with Gasteiger partial charge < -0.3 is 19.2 Å². The predicted octanol–water partition coefficient (Wildman–Crippen LogP) is 7.25. The maximum atomic E-state index is 12.0. The molecule has 0 aromatic heterocycles. The van der Waals surface area contributed by atoms with Gasteiger partial charge in [-0.05, 0) is 6.42 Å². The Morgan fingerprint density at radius 1 is 0.694 bits per heavy atom. The van der Waals surface area contributed by atoms with Gasteiger partial charge in [-0.1, -0.05) is 116 Å². The van der Waals surface area contributed by atoms with Gasteiger partial charge in [-0.2, -0.15) is 0 Å². The van der Waals surface area contributed by atoms with E-state index in [1.165, 1.54) is 103 Å². The van der Waals surface area contributed by atoms with Crippen LogP contribution in [-0.2, 0) is 18.3 Å². The Morgan fingerprint density at radius 3 is 1.50 bits per heavy atom. The molecule has 0 aliphatic carbocycles. The van der Waals surface area contributed by atoms with Crippen LogP contribution in [0, 0.1) is 0 Å². The smallest absolute Gasteiger partial charge is 0.394 e. The van der Waals surface area contributed by atoms with E-state index in [2.05, 4.69) is 6.92 Å². The van der Waals surface area contributed by atoms with Gasteiger partial charge in [-0.15, -0.1) is 0 Å². The number of likely N-dealkylation sites (N-methyl/N-ethyl adjacent to an activating group) is 1. The van der Waals surface area contributed by atoms with Crippen LogP contribution < -0.4 is 0 Å². The monoisotopic (exact) mass is 538 g/mol. The van der Waals surface area contributed by atoms with Crippen molar-refractivity contribution in [2.24, 2.45) is 0 Å². The number of rotatable bonds is 28. The van der Waals surface area contributed by atoms with E-state index in [4.69, 9.17) is 13.8 Å². The number of aliphatic hydroxyl groups excluding tert-OH is 1. The average Bonchev–Trinajstić information content (AvgIpc) is 2.81. The van der Waals surface area contributed by atoms with Crippen molar-refractivity contribution in [3.8, 4) is 0 Å². The first-order valence-corrected chi connectivity index (χ1v) is 16.3. The predicted molar refractivity (Wildman–Crippen MR) is 150 cm³/mol. The number of hydrogen-bond donors (Lipinski definition) is 2. The van der Waals surface area contributed by atoms with Crippen molar-refractivity contribution < 1.29 is 32.8 Å². The molecule has 0 rings (SSSR count). The minimum atomic E-state index is -4.20. The Labute approximate surface area is 223 Å². The number of nitrogens with zero attached hydrogens (tertiary/aromatic N) is 1. The maximum Gasteiger partial charge on any atom is 0.472 e. The molecule has 0 aromatic carbocycles. The van der Waals surface area contributed by atoms with Crippen LogP contribution in [0.2, 0.25) is 0 Å². The standard InChI is InChI=1S/C28H60NO6P/c1-5-6-7-8-9-10-11-12-13-14-15-16-17-18-19-20-21-22-24-33-27-28(26-30)35-36(31,32)34-25-23-29(2,3)4/h28,30H,5-27H2,1-4H3/p+1/t28-/m0/s1. The van der Waals surface area contributed by atoms with Crippen molar-refractivity contribution in [1.29, 1.82) is 0 Å². The molecule has 0 aromatic rings. The summed E-state index contributed by atoms with van der Waals surface area (Å²) in [5.41, 5.74) is 0. The third-order valence-electron chi connectivity index (χ3n) is 6.45. The lowest BCUT2D eigenvalue weighted by molar-refractivity contribution is -0.870. The summed E-state index contributed by atoms with van der Waals surface area (Å²) in [4.78, 5) is 9.82. The van der Waals surface area contributed by atoms with Crippen molar-refractivity contribution in [3.05, 3.63) is 0 Å². The van der Waals surface area contributed by atoms with Crippen molar-refractivity contribution in [1.82, 2.24) is 0 Å².